The number of hydrogen-bond acceptors (Lipinski definition) is 4. The van der Waals surface area contributed by atoms with Crippen LogP contribution in [0.15, 0.2) is 27.2 Å². The van der Waals surface area contributed by atoms with E-state index in [4.69, 9.17) is 10.3 Å². The van der Waals surface area contributed by atoms with Gasteiger partial charge in [-0.25, -0.2) is 0 Å². The van der Waals surface area contributed by atoms with Crippen molar-refractivity contribution in [3.05, 3.63) is 32.1 Å². The first-order chi connectivity index (χ1) is 8.44. The third-order valence-electron chi connectivity index (χ3n) is 2.83. The molecule has 0 aliphatic heterocycles. The average Bonchev–Trinajstić information content (AvgIpc) is 2.82. The molecule has 0 saturated heterocycles. The fraction of sp³-hybridized carbons (Fsp3) is 0.333. The summed E-state index contributed by atoms with van der Waals surface area (Å²) in [6, 6.07) is 5.95. The van der Waals surface area contributed by atoms with E-state index in [0.717, 1.165) is 20.0 Å². The second-order valence-electron chi connectivity index (χ2n) is 4.32. The molecule has 18 heavy (non-hydrogen) atoms. The van der Waals surface area contributed by atoms with Crippen LogP contribution in [0.1, 0.15) is 26.1 Å². The highest BCUT2D eigenvalue weighted by atomic mass is 127. The monoisotopic (exact) mass is 421 g/mol. The molecule has 4 nitrogen and oxygen atoms in total. The van der Waals surface area contributed by atoms with Gasteiger partial charge in [0, 0.05) is 8.04 Å². The molecular formula is C12H13BrIN3O. The number of nitrogens with zero attached hydrogens (tertiary/aromatic N) is 2. The molecule has 1 atom stereocenters. The average molecular weight is 422 g/mol. The molecule has 0 bridgehead atoms. The van der Waals surface area contributed by atoms with Crippen LogP contribution in [0.5, 0.6) is 0 Å². The zero-order chi connectivity index (χ0) is 13.3. The van der Waals surface area contributed by atoms with E-state index in [0.29, 0.717) is 11.7 Å². The van der Waals surface area contributed by atoms with E-state index in [1.54, 1.807) is 0 Å². The Hall–Kier alpha value is -0.470. The number of aromatic nitrogens is 2. The van der Waals surface area contributed by atoms with E-state index in [9.17, 15) is 0 Å². The molecule has 0 saturated carbocycles. The summed E-state index contributed by atoms with van der Waals surface area (Å²) in [5.41, 5.74) is 6.42. The molecule has 2 aromatic rings. The smallest absolute Gasteiger partial charge is 0.259 e. The molecule has 1 aromatic heterocycles. The second kappa shape index (κ2) is 5.26. The summed E-state index contributed by atoms with van der Waals surface area (Å²) >= 11 is 5.73. The molecule has 1 unspecified atom stereocenters. The van der Waals surface area contributed by atoms with Crippen LogP contribution in [-0.2, 0) is 5.54 Å². The minimum absolute atomic E-state index is 0.487. The normalized spacial score (nSPS) is 14.5. The van der Waals surface area contributed by atoms with E-state index in [-0.39, 0.29) is 0 Å². The molecular weight excluding hydrogens is 409 g/mol. The lowest BCUT2D eigenvalue weighted by Crippen LogP contribution is -2.33. The standard InChI is InChI=1S/C12H13BrIN3O/c1-3-12(2,15)11-16-10(18-17-11)8-6-7(14)4-5-9(8)13/h4-6H,3,15H2,1-2H3. The fourth-order valence-electron chi connectivity index (χ4n) is 1.38. The molecule has 0 amide bonds. The van der Waals surface area contributed by atoms with Crippen molar-refractivity contribution in [2.24, 2.45) is 5.73 Å². The van der Waals surface area contributed by atoms with Gasteiger partial charge in [-0.1, -0.05) is 12.1 Å². The van der Waals surface area contributed by atoms with Gasteiger partial charge in [0.05, 0.1) is 11.1 Å². The van der Waals surface area contributed by atoms with Gasteiger partial charge in [0.1, 0.15) is 0 Å². The molecule has 2 rings (SSSR count). The summed E-state index contributed by atoms with van der Waals surface area (Å²) in [5, 5.41) is 3.97. The van der Waals surface area contributed by atoms with Crippen LogP contribution in [0.25, 0.3) is 11.5 Å². The number of benzene rings is 1. The molecule has 2 N–H and O–H groups in total. The molecule has 0 fully saturated rings. The van der Waals surface area contributed by atoms with E-state index < -0.39 is 5.54 Å². The van der Waals surface area contributed by atoms with Crippen LogP contribution in [0.3, 0.4) is 0 Å². The molecule has 1 heterocycles. The van der Waals surface area contributed by atoms with Gasteiger partial charge >= 0.3 is 0 Å². The van der Waals surface area contributed by atoms with Gasteiger partial charge < -0.3 is 10.3 Å². The second-order valence-corrected chi connectivity index (χ2v) is 6.42. The lowest BCUT2D eigenvalue weighted by Gasteiger charge is -2.16. The maximum atomic E-state index is 6.10. The molecule has 6 heteroatoms. The Labute approximate surface area is 128 Å². The molecule has 0 aliphatic carbocycles. The maximum Gasteiger partial charge on any atom is 0.259 e. The zero-order valence-electron chi connectivity index (χ0n) is 10.1. The summed E-state index contributed by atoms with van der Waals surface area (Å²) in [5.74, 6) is 1.02. The van der Waals surface area contributed by atoms with Crippen molar-refractivity contribution in [1.82, 2.24) is 10.1 Å². The summed E-state index contributed by atoms with van der Waals surface area (Å²) in [4.78, 5) is 4.39. The minimum Gasteiger partial charge on any atom is -0.334 e. The van der Waals surface area contributed by atoms with E-state index in [1.165, 1.54) is 0 Å². The Balaban J connectivity index is 2.44. The van der Waals surface area contributed by atoms with Crippen LogP contribution < -0.4 is 5.73 Å². The third-order valence-corrected chi connectivity index (χ3v) is 4.19. The van der Waals surface area contributed by atoms with E-state index in [1.807, 2.05) is 32.0 Å². The molecule has 0 aliphatic rings. The molecule has 0 radical (unpaired) electrons. The highest BCUT2D eigenvalue weighted by Gasteiger charge is 2.26. The lowest BCUT2D eigenvalue weighted by atomic mass is 10.0. The quantitative estimate of drug-likeness (QED) is 0.767. The van der Waals surface area contributed by atoms with E-state index in [2.05, 4.69) is 48.7 Å². The number of nitrogens with two attached hydrogens (primary N) is 1. The first kappa shape index (κ1) is 14.0. The summed E-state index contributed by atoms with van der Waals surface area (Å²) in [6.45, 7) is 3.89. The van der Waals surface area contributed by atoms with Gasteiger partial charge in [-0.05, 0) is 70.1 Å². The molecule has 96 valence electrons. The van der Waals surface area contributed by atoms with Gasteiger partial charge in [0.25, 0.3) is 5.89 Å². The zero-order valence-corrected chi connectivity index (χ0v) is 13.8. The summed E-state index contributed by atoms with van der Waals surface area (Å²) in [6.07, 6.45) is 0.749. The van der Waals surface area contributed by atoms with Gasteiger partial charge in [-0.3, -0.25) is 0 Å². The fourth-order valence-corrected chi connectivity index (χ4v) is 2.29. The highest BCUT2D eigenvalue weighted by Crippen LogP contribution is 2.30. The Bertz CT molecular complexity index is 568. The molecule has 0 spiro atoms. The minimum atomic E-state index is -0.559. The maximum absolute atomic E-state index is 6.10. The number of halogens is 2. The highest BCUT2D eigenvalue weighted by molar-refractivity contribution is 14.1. The number of rotatable bonds is 3. The third kappa shape index (κ3) is 2.75. The van der Waals surface area contributed by atoms with Crippen molar-refractivity contribution in [3.63, 3.8) is 0 Å². The Morgan fingerprint density at radius 2 is 2.22 bits per heavy atom. The van der Waals surface area contributed by atoms with Gasteiger partial charge in [-0.15, -0.1) is 0 Å². The van der Waals surface area contributed by atoms with Gasteiger partial charge in [0.15, 0.2) is 5.82 Å². The topological polar surface area (TPSA) is 64.9 Å². The van der Waals surface area contributed by atoms with Crippen molar-refractivity contribution in [2.45, 2.75) is 25.8 Å². The first-order valence-corrected chi connectivity index (χ1v) is 7.39. The summed E-state index contributed by atoms with van der Waals surface area (Å²) < 4.78 is 7.33. The van der Waals surface area contributed by atoms with Gasteiger partial charge in [0.2, 0.25) is 0 Å². The largest absolute Gasteiger partial charge is 0.334 e. The van der Waals surface area contributed by atoms with Crippen molar-refractivity contribution >= 4 is 38.5 Å². The van der Waals surface area contributed by atoms with Crippen LogP contribution in [0.4, 0.5) is 0 Å². The van der Waals surface area contributed by atoms with Crippen molar-refractivity contribution in [3.8, 4) is 11.5 Å². The van der Waals surface area contributed by atoms with Gasteiger partial charge in [-0.2, -0.15) is 4.98 Å². The predicted octanol–water partition coefficient (Wildman–Crippen LogP) is 3.69. The van der Waals surface area contributed by atoms with Crippen LogP contribution in [0.2, 0.25) is 0 Å². The Kier molecular flexibility index (Phi) is 4.08. The Morgan fingerprint density at radius 3 is 2.89 bits per heavy atom. The lowest BCUT2D eigenvalue weighted by molar-refractivity contribution is 0.379. The summed E-state index contributed by atoms with van der Waals surface area (Å²) in [7, 11) is 0. The van der Waals surface area contributed by atoms with Crippen molar-refractivity contribution < 1.29 is 4.52 Å². The SMILES string of the molecule is CCC(C)(N)c1noc(-c2cc(I)ccc2Br)n1. The van der Waals surface area contributed by atoms with Crippen LogP contribution in [-0.4, -0.2) is 10.1 Å². The first-order valence-electron chi connectivity index (χ1n) is 5.52. The van der Waals surface area contributed by atoms with Crippen LogP contribution in [0, 0.1) is 3.57 Å². The molecule has 1 aromatic carbocycles. The number of hydrogen-bond donors (Lipinski definition) is 1. The van der Waals surface area contributed by atoms with Crippen LogP contribution >= 0.6 is 38.5 Å². The van der Waals surface area contributed by atoms with E-state index >= 15 is 0 Å². The Morgan fingerprint density at radius 1 is 1.50 bits per heavy atom. The van der Waals surface area contributed by atoms with Crippen molar-refractivity contribution in [1.29, 1.82) is 0 Å². The predicted molar refractivity (Wildman–Crippen MR) is 82.0 cm³/mol. The van der Waals surface area contributed by atoms with Crippen molar-refractivity contribution in [2.75, 3.05) is 0 Å².